The van der Waals surface area contributed by atoms with E-state index in [1.165, 1.54) is 11.0 Å². The molecule has 110 valence electrons. The zero-order valence-electron chi connectivity index (χ0n) is 11.7. The molecular formula is C14H19NO5. The predicted molar refractivity (Wildman–Crippen MR) is 71.0 cm³/mol. The van der Waals surface area contributed by atoms with E-state index in [1.807, 2.05) is 0 Å². The van der Waals surface area contributed by atoms with Gasteiger partial charge < -0.3 is 19.2 Å². The van der Waals surface area contributed by atoms with Crippen LogP contribution in [0.2, 0.25) is 0 Å². The first-order valence-electron chi connectivity index (χ1n) is 6.76. The number of carbonyl (C=O) groups is 2. The zero-order valence-corrected chi connectivity index (χ0v) is 11.7. The number of carboxylic acid groups (broad SMARTS) is 1. The summed E-state index contributed by atoms with van der Waals surface area (Å²) in [7, 11) is 1.67. The Hall–Kier alpha value is -1.82. The van der Waals surface area contributed by atoms with Crippen molar-refractivity contribution in [2.24, 2.45) is 0 Å². The molecule has 1 N–H and O–H groups in total. The quantitative estimate of drug-likeness (QED) is 0.890. The van der Waals surface area contributed by atoms with E-state index >= 15 is 0 Å². The molecule has 1 aromatic heterocycles. The molecule has 1 saturated heterocycles. The Bertz CT molecular complexity index is 502. The van der Waals surface area contributed by atoms with Crippen molar-refractivity contribution in [1.29, 1.82) is 0 Å². The summed E-state index contributed by atoms with van der Waals surface area (Å²) in [5.41, 5.74) is 0.0568. The Labute approximate surface area is 117 Å². The van der Waals surface area contributed by atoms with Crippen LogP contribution in [-0.2, 0) is 11.2 Å². The van der Waals surface area contributed by atoms with Crippen molar-refractivity contribution in [2.45, 2.75) is 32.3 Å². The molecule has 1 amide bonds. The number of nitrogens with zero attached hydrogens (tertiary/aromatic N) is 1. The van der Waals surface area contributed by atoms with Gasteiger partial charge >= 0.3 is 5.97 Å². The van der Waals surface area contributed by atoms with Gasteiger partial charge in [-0.15, -0.1) is 0 Å². The summed E-state index contributed by atoms with van der Waals surface area (Å²) in [6, 6.07) is 1.30. The second kappa shape index (κ2) is 6.09. The molecule has 6 nitrogen and oxygen atoms in total. The summed E-state index contributed by atoms with van der Waals surface area (Å²) in [5.74, 6) is -1.000. The third-order valence-electron chi connectivity index (χ3n) is 3.42. The Balaban J connectivity index is 2.09. The number of carboxylic acids is 1. The van der Waals surface area contributed by atoms with Gasteiger partial charge in [-0.05, 0) is 12.8 Å². The largest absolute Gasteiger partial charge is 0.478 e. The van der Waals surface area contributed by atoms with Crippen molar-refractivity contribution in [3.8, 4) is 0 Å². The highest BCUT2D eigenvalue weighted by Crippen LogP contribution is 2.19. The predicted octanol–water partition coefficient (Wildman–Crippen LogP) is 1.79. The summed E-state index contributed by atoms with van der Waals surface area (Å²) in [6.07, 6.45) is 2.45. The average molecular weight is 281 g/mol. The Kier molecular flexibility index (Phi) is 4.44. The number of aromatic carboxylic acids is 1. The molecule has 20 heavy (non-hydrogen) atoms. The van der Waals surface area contributed by atoms with E-state index < -0.39 is 5.97 Å². The second-order valence-corrected chi connectivity index (χ2v) is 4.93. The van der Waals surface area contributed by atoms with Crippen LogP contribution in [0, 0.1) is 0 Å². The highest BCUT2D eigenvalue weighted by molar-refractivity contribution is 5.96. The van der Waals surface area contributed by atoms with Gasteiger partial charge in [0.15, 0.2) is 5.76 Å². The topological polar surface area (TPSA) is 80.0 Å². The minimum atomic E-state index is -1.08. The lowest BCUT2D eigenvalue weighted by Gasteiger charge is -2.19. The number of hydrogen-bond donors (Lipinski definition) is 1. The van der Waals surface area contributed by atoms with Crippen LogP contribution in [0.3, 0.4) is 0 Å². The molecule has 0 saturated carbocycles. The maximum atomic E-state index is 12.2. The van der Waals surface area contributed by atoms with Crippen LogP contribution in [-0.4, -0.2) is 48.2 Å². The van der Waals surface area contributed by atoms with Crippen LogP contribution in [0.1, 0.15) is 46.4 Å². The molecule has 0 radical (unpaired) electrons. The van der Waals surface area contributed by atoms with E-state index in [-0.39, 0.29) is 23.3 Å². The fraction of sp³-hybridized carbons (Fsp3) is 0.571. The molecule has 1 fully saturated rings. The van der Waals surface area contributed by atoms with Gasteiger partial charge in [0.1, 0.15) is 11.3 Å². The van der Waals surface area contributed by atoms with Crippen LogP contribution >= 0.6 is 0 Å². The van der Waals surface area contributed by atoms with Gasteiger partial charge in [0.25, 0.3) is 5.91 Å². The lowest BCUT2D eigenvalue weighted by atomic mass is 10.2. The molecule has 0 spiro atoms. The molecule has 0 aliphatic carbocycles. The van der Waals surface area contributed by atoms with E-state index in [0.717, 1.165) is 19.4 Å². The molecular weight excluding hydrogens is 262 g/mol. The fourth-order valence-electron chi connectivity index (χ4n) is 2.34. The Morgan fingerprint density at radius 3 is 2.75 bits per heavy atom. The highest BCUT2D eigenvalue weighted by atomic mass is 16.5. The third kappa shape index (κ3) is 3.01. The van der Waals surface area contributed by atoms with Crippen molar-refractivity contribution < 1.29 is 23.8 Å². The molecule has 2 rings (SSSR count). The van der Waals surface area contributed by atoms with E-state index in [9.17, 15) is 9.59 Å². The normalized spacial score (nSPS) is 18.2. The van der Waals surface area contributed by atoms with Gasteiger partial charge in [-0.25, -0.2) is 4.79 Å². The maximum absolute atomic E-state index is 12.2. The maximum Gasteiger partial charge on any atom is 0.339 e. The van der Waals surface area contributed by atoms with Crippen LogP contribution in [0.5, 0.6) is 0 Å². The van der Waals surface area contributed by atoms with Crippen LogP contribution in [0.25, 0.3) is 0 Å². The van der Waals surface area contributed by atoms with Gasteiger partial charge in [0.2, 0.25) is 0 Å². The van der Waals surface area contributed by atoms with Gasteiger partial charge in [0.05, 0.1) is 6.10 Å². The van der Waals surface area contributed by atoms with Crippen molar-refractivity contribution in [3.05, 3.63) is 23.2 Å². The number of rotatable bonds is 5. The van der Waals surface area contributed by atoms with Gasteiger partial charge in [-0.3, -0.25) is 4.79 Å². The molecule has 1 atom stereocenters. The Morgan fingerprint density at radius 1 is 1.50 bits per heavy atom. The van der Waals surface area contributed by atoms with Gasteiger partial charge in [0, 0.05) is 32.7 Å². The van der Waals surface area contributed by atoms with Crippen molar-refractivity contribution in [1.82, 2.24) is 4.90 Å². The highest BCUT2D eigenvalue weighted by Gasteiger charge is 2.25. The van der Waals surface area contributed by atoms with Crippen LogP contribution < -0.4 is 0 Å². The first-order chi connectivity index (χ1) is 9.52. The molecule has 0 bridgehead atoms. The smallest absolute Gasteiger partial charge is 0.339 e. The third-order valence-corrected chi connectivity index (χ3v) is 3.42. The first-order valence-corrected chi connectivity index (χ1v) is 6.76. The fourth-order valence-corrected chi connectivity index (χ4v) is 2.34. The van der Waals surface area contributed by atoms with E-state index in [2.05, 4.69) is 0 Å². The van der Waals surface area contributed by atoms with Gasteiger partial charge in [-0.1, -0.05) is 6.92 Å². The molecule has 0 aromatic carbocycles. The molecule has 2 heterocycles. The number of likely N-dealkylation sites (N-methyl/N-ethyl adjacent to an activating group) is 1. The summed E-state index contributed by atoms with van der Waals surface area (Å²) >= 11 is 0. The lowest BCUT2D eigenvalue weighted by molar-refractivity contribution is 0.0562. The van der Waals surface area contributed by atoms with Crippen molar-refractivity contribution >= 4 is 11.9 Å². The van der Waals surface area contributed by atoms with Crippen molar-refractivity contribution in [2.75, 3.05) is 20.2 Å². The van der Waals surface area contributed by atoms with Crippen molar-refractivity contribution in [3.63, 3.8) is 0 Å². The molecule has 1 aliphatic heterocycles. The number of carbonyl (C=O) groups excluding carboxylic acids is 1. The standard InChI is InChI=1S/C14H19NO5/c1-3-11-10(14(17)18)7-12(20-11)13(16)15(2)8-9-5-4-6-19-9/h7,9H,3-6,8H2,1-2H3,(H,17,18)/t9-/m0/s1. The summed E-state index contributed by atoms with van der Waals surface area (Å²) in [6.45, 7) is 3.01. The molecule has 0 unspecified atom stereocenters. The summed E-state index contributed by atoms with van der Waals surface area (Å²) in [4.78, 5) is 24.8. The monoisotopic (exact) mass is 281 g/mol. The minimum Gasteiger partial charge on any atom is -0.478 e. The number of furan rings is 1. The number of hydrogen-bond acceptors (Lipinski definition) is 4. The second-order valence-electron chi connectivity index (χ2n) is 4.93. The van der Waals surface area contributed by atoms with E-state index in [4.69, 9.17) is 14.3 Å². The molecule has 1 aliphatic rings. The van der Waals surface area contributed by atoms with E-state index in [0.29, 0.717) is 18.7 Å². The SMILES string of the molecule is CCc1oc(C(=O)N(C)C[C@@H]2CCCO2)cc1C(=O)O. The summed E-state index contributed by atoms with van der Waals surface area (Å²) in [5, 5.41) is 9.06. The van der Waals surface area contributed by atoms with E-state index in [1.54, 1.807) is 14.0 Å². The minimum absolute atomic E-state index is 0.0568. The molecule has 6 heteroatoms. The number of aryl methyl sites for hydroxylation is 1. The Morgan fingerprint density at radius 2 is 2.25 bits per heavy atom. The van der Waals surface area contributed by atoms with Crippen LogP contribution in [0.4, 0.5) is 0 Å². The average Bonchev–Trinajstić information content (AvgIpc) is 3.05. The van der Waals surface area contributed by atoms with Crippen LogP contribution in [0.15, 0.2) is 10.5 Å². The number of ether oxygens (including phenoxy) is 1. The first kappa shape index (κ1) is 14.6. The number of amides is 1. The van der Waals surface area contributed by atoms with Gasteiger partial charge in [-0.2, -0.15) is 0 Å². The summed E-state index contributed by atoms with van der Waals surface area (Å²) < 4.78 is 10.8. The molecule has 1 aromatic rings. The lowest BCUT2D eigenvalue weighted by Crippen LogP contribution is -2.33. The zero-order chi connectivity index (χ0) is 14.7.